The summed E-state index contributed by atoms with van der Waals surface area (Å²) in [5, 5.41) is 11.4. The van der Waals surface area contributed by atoms with E-state index in [1.54, 1.807) is 24.3 Å². The van der Waals surface area contributed by atoms with Gasteiger partial charge in [0.05, 0.1) is 19.3 Å². The van der Waals surface area contributed by atoms with E-state index in [4.69, 9.17) is 9.47 Å². The molecule has 5 rings (SSSR count). The Hall–Kier alpha value is -3.06. The van der Waals surface area contributed by atoms with Crippen LogP contribution in [-0.2, 0) is 22.6 Å². The lowest BCUT2D eigenvalue weighted by molar-refractivity contribution is -0.315. The summed E-state index contributed by atoms with van der Waals surface area (Å²) in [5.41, 5.74) is 2.86. The van der Waals surface area contributed by atoms with Crippen molar-refractivity contribution in [3.8, 4) is 5.75 Å². The average Bonchev–Trinajstić information content (AvgIpc) is 3.31. The third-order valence-electron chi connectivity index (χ3n) is 7.17. The van der Waals surface area contributed by atoms with E-state index >= 15 is 0 Å². The number of rotatable bonds is 7. The fraction of sp³-hybridized carbons (Fsp3) is 0.481. The van der Waals surface area contributed by atoms with Crippen molar-refractivity contribution in [2.24, 2.45) is 0 Å². The van der Waals surface area contributed by atoms with Crippen LogP contribution in [0.1, 0.15) is 47.3 Å². The summed E-state index contributed by atoms with van der Waals surface area (Å²) in [6.45, 7) is 2.17. The molecule has 1 spiro atoms. The Morgan fingerprint density at radius 1 is 1.08 bits per heavy atom. The fourth-order valence-corrected chi connectivity index (χ4v) is 5.50. The van der Waals surface area contributed by atoms with Crippen molar-refractivity contribution in [2.45, 2.75) is 50.0 Å². The Kier molecular flexibility index (Phi) is 7.90. The van der Waals surface area contributed by atoms with Crippen molar-refractivity contribution in [1.29, 1.82) is 0 Å². The molecule has 8 nitrogen and oxygen atoms in total. The van der Waals surface area contributed by atoms with Crippen LogP contribution in [0, 0.1) is 5.82 Å². The van der Waals surface area contributed by atoms with E-state index in [0.717, 1.165) is 17.0 Å². The summed E-state index contributed by atoms with van der Waals surface area (Å²) in [5.74, 6) is -1.97. The second-order valence-corrected chi connectivity index (χ2v) is 10.2. The topological polar surface area (TPSA) is 75.7 Å². The molecule has 3 heterocycles. The monoisotopic (exact) mass is 549 g/mol. The highest BCUT2D eigenvalue weighted by Crippen LogP contribution is 2.48. The predicted molar refractivity (Wildman–Crippen MR) is 133 cm³/mol. The molecule has 3 atom stereocenters. The highest BCUT2D eigenvalue weighted by Gasteiger charge is 2.51. The van der Waals surface area contributed by atoms with E-state index in [0.29, 0.717) is 44.6 Å². The fourth-order valence-electron chi connectivity index (χ4n) is 5.50. The zero-order valence-corrected chi connectivity index (χ0v) is 21.7. The summed E-state index contributed by atoms with van der Waals surface area (Å²) in [6.07, 6.45) is -3.86. The smallest absolute Gasteiger partial charge is 0.405 e. The molecule has 3 aromatic rings. The molecule has 39 heavy (non-hydrogen) atoms. The zero-order chi connectivity index (χ0) is 27.6. The van der Waals surface area contributed by atoms with Crippen LogP contribution in [0.25, 0.3) is 0 Å². The molecule has 2 aliphatic rings. The van der Waals surface area contributed by atoms with Crippen LogP contribution in [-0.4, -0.2) is 71.2 Å². The zero-order valence-electron chi connectivity index (χ0n) is 21.7. The van der Waals surface area contributed by atoms with Gasteiger partial charge >= 0.3 is 6.36 Å². The molecular weight excluding hydrogens is 518 g/mol. The molecule has 2 fully saturated rings. The Balaban J connectivity index is 1.42. The number of hydrogen-bond acceptors (Lipinski definition) is 7. The maximum absolute atomic E-state index is 13.9. The van der Waals surface area contributed by atoms with Crippen molar-refractivity contribution in [3.63, 3.8) is 0 Å². The second-order valence-electron chi connectivity index (χ2n) is 10.2. The molecule has 12 heteroatoms. The lowest BCUT2D eigenvalue weighted by atomic mass is 9.83. The van der Waals surface area contributed by atoms with Gasteiger partial charge in [0.15, 0.2) is 5.79 Å². The van der Waals surface area contributed by atoms with Crippen LogP contribution in [0.5, 0.6) is 5.75 Å². The maximum Gasteiger partial charge on any atom is 0.573 e. The standard InChI is InChI=1S/C27H31F4N5O3/c1-35(2)15-22-23(33-34-32-22)16-36-13-14-37-26(25(36)18-7-9-20(28)10-8-18)12-11-19(17-38-26)21-5-3-4-6-24(21)39-27(29,30)31/h3-10,19,25H,11-17H2,1-2H3,(H,32,33,34). The Morgan fingerprint density at radius 2 is 1.82 bits per heavy atom. The summed E-state index contributed by atoms with van der Waals surface area (Å²) in [4.78, 5) is 4.19. The van der Waals surface area contributed by atoms with Crippen LogP contribution in [0.2, 0.25) is 0 Å². The summed E-state index contributed by atoms with van der Waals surface area (Å²) in [6, 6.07) is 12.0. The molecule has 0 bridgehead atoms. The van der Waals surface area contributed by atoms with Crippen LogP contribution in [0.3, 0.4) is 0 Å². The average molecular weight is 550 g/mol. The SMILES string of the molecule is CN(C)Cc1n[nH]nc1CN1CCOC2(CCC(c3ccccc3OC(F)(F)F)CO2)C1c1ccc(F)cc1. The second kappa shape index (κ2) is 11.2. The number of alkyl halides is 3. The highest BCUT2D eigenvalue weighted by molar-refractivity contribution is 5.37. The van der Waals surface area contributed by atoms with E-state index in [1.807, 2.05) is 19.0 Å². The molecule has 0 amide bonds. The Morgan fingerprint density at radius 3 is 2.51 bits per heavy atom. The van der Waals surface area contributed by atoms with Crippen LogP contribution < -0.4 is 4.74 Å². The van der Waals surface area contributed by atoms with Gasteiger partial charge in [-0.3, -0.25) is 4.90 Å². The Bertz CT molecular complexity index is 1240. The first kappa shape index (κ1) is 27.5. The summed E-state index contributed by atoms with van der Waals surface area (Å²) in [7, 11) is 3.90. The van der Waals surface area contributed by atoms with E-state index in [-0.39, 0.29) is 24.1 Å². The van der Waals surface area contributed by atoms with E-state index in [2.05, 4.69) is 25.0 Å². The number of aromatic amines is 1. The Labute approximate surface area is 223 Å². The minimum atomic E-state index is -4.79. The quantitative estimate of drug-likeness (QED) is 0.426. The van der Waals surface area contributed by atoms with Gasteiger partial charge in [-0.1, -0.05) is 30.3 Å². The molecule has 2 saturated heterocycles. The largest absolute Gasteiger partial charge is 0.573 e. The van der Waals surface area contributed by atoms with Gasteiger partial charge in [0.2, 0.25) is 0 Å². The normalized spacial score (nSPS) is 24.4. The van der Waals surface area contributed by atoms with Crippen LogP contribution in [0.15, 0.2) is 48.5 Å². The summed E-state index contributed by atoms with van der Waals surface area (Å²) >= 11 is 0. The van der Waals surface area contributed by atoms with E-state index < -0.39 is 18.2 Å². The van der Waals surface area contributed by atoms with Gasteiger partial charge in [0.25, 0.3) is 0 Å². The minimum absolute atomic E-state index is 0.138. The number of hydrogen-bond donors (Lipinski definition) is 1. The molecule has 0 saturated carbocycles. The molecule has 1 N–H and O–H groups in total. The number of halogens is 4. The number of morpholine rings is 1. The first-order chi connectivity index (χ1) is 18.6. The lowest BCUT2D eigenvalue weighted by Crippen LogP contribution is -2.57. The van der Waals surface area contributed by atoms with Crippen molar-refractivity contribution in [2.75, 3.05) is 33.9 Å². The minimum Gasteiger partial charge on any atom is -0.405 e. The molecule has 2 aliphatic heterocycles. The van der Waals surface area contributed by atoms with Gasteiger partial charge in [0, 0.05) is 32.0 Å². The van der Waals surface area contributed by atoms with Crippen molar-refractivity contribution >= 4 is 0 Å². The molecule has 0 radical (unpaired) electrons. The lowest BCUT2D eigenvalue weighted by Gasteiger charge is -2.52. The van der Waals surface area contributed by atoms with Gasteiger partial charge in [-0.25, -0.2) is 4.39 Å². The van der Waals surface area contributed by atoms with Gasteiger partial charge in [-0.15, -0.1) is 13.2 Å². The molecule has 2 aromatic carbocycles. The number of para-hydroxylation sites is 1. The number of H-pyrrole nitrogens is 1. The molecule has 3 unspecified atom stereocenters. The number of nitrogens with one attached hydrogen (secondary N) is 1. The van der Waals surface area contributed by atoms with Crippen molar-refractivity contribution < 1.29 is 31.8 Å². The first-order valence-corrected chi connectivity index (χ1v) is 12.8. The van der Waals surface area contributed by atoms with Crippen LogP contribution in [0.4, 0.5) is 17.6 Å². The van der Waals surface area contributed by atoms with Gasteiger partial charge < -0.3 is 19.1 Å². The van der Waals surface area contributed by atoms with Crippen molar-refractivity contribution in [1.82, 2.24) is 25.2 Å². The maximum atomic E-state index is 13.9. The summed E-state index contributed by atoms with van der Waals surface area (Å²) < 4.78 is 70.0. The number of benzene rings is 2. The van der Waals surface area contributed by atoms with E-state index in [1.165, 1.54) is 24.3 Å². The first-order valence-electron chi connectivity index (χ1n) is 12.8. The van der Waals surface area contributed by atoms with Crippen molar-refractivity contribution in [3.05, 3.63) is 76.9 Å². The molecule has 210 valence electrons. The molecular formula is C27H31F4N5O3. The molecule has 0 aliphatic carbocycles. The number of ether oxygens (including phenoxy) is 3. The predicted octanol–water partition coefficient (Wildman–Crippen LogP) is 4.77. The van der Waals surface area contributed by atoms with Gasteiger partial charge in [-0.2, -0.15) is 15.4 Å². The van der Waals surface area contributed by atoms with Gasteiger partial charge in [0.1, 0.15) is 23.0 Å². The van der Waals surface area contributed by atoms with Gasteiger partial charge in [-0.05, 0) is 49.8 Å². The molecule has 1 aromatic heterocycles. The highest BCUT2D eigenvalue weighted by atomic mass is 19.4. The number of nitrogens with zero attached hydrogens (tertiary/aromatic N) is 4. The van der Waals surface area contributed by atoms with Crippen LogP contribution >= 0.6 is 0 Å². The number of aromatic nitrogens is 3. The third-order valence-corrected chi connectivity index (χ3v) is 7.17. The third kappa shape index (κ3) is 6.24. The van der Waals surface area contributed by atoms with E-state index in [9.17, 15) is 17.6 Å².